The van der Waals surface area contributed by atoms with Gasteiger partial charge in [0.05, 0.1) is 0 Å². The van der Waals surface area contributed by atoms with Crippen molar-refractivity contribution in [1.82, 2.24) is 5.32 Å². The van der Waals surface area contributed by atoms with Gasteiger partial charge < -0.3 is 5.32 Å². The Morgan fingerprint density at radius 3 is 2.36 bits per heavy atom. The molecule has 0 aliphatic carbocycles. The maximum absolute atomic E-state index is 3.61. The summed E-state index contributed by atoms with van der Waals surface area (Å²) in [6.45, 7) is 14.6. The first-order chi connectivity index (χ1) is 6.38. The van der Waals surface area contributed by atoms with Crippen LogP contribution in [-0.4, -0.2) is 0 Å². The number of hydrogen-bond acceptors (Lipinski definition) is 1. The largest absolute Gasteiger partial charge is 0.366 e. The van der Waals surface area contributed by atoms with E-state index < -0.39 is 0 Å². The summed E-state index contributed by atoms with van der Waals surface area (Å²) in [5.41, 5.74) is 1.45. The fourth-order valence-electron chi connectivity index (χ4n) is 0.864. The standard InChI is InChI=1S/C13H23N/c1-7-14-12(3)10-8-9-11(2)13(4,5)6/h7-11,14H,1H2,2-6H3/b9-8-,12-10+. The van der Waals surface area contributed by atoms with Crippen molar-refractivity contribution in [3.63, 3.8) is 0 Å². The monoisotopic (exact) mass is 193 g/mol. The van der Waals surface area contributed by atoms with E-state index >= 15 is 0 Å². The minimum atomic E-state index is 0.337. The highest BCUT2D eigenvalue weighted by molar-refractivity contribution is 5.11. The van der Waals surface area contributed by atoms with Crippen molar-refractivity contribution in [3.8, 4) is 0 Å². The molecule has 1 unspecified atom stereocenters. The smallest absolute Gasteiger partial charge is 0.0114 e. The van der Waals surface area contributed by atoms with E-state index in [0.717, 1.165) is 5.70 Å². The van der Waals surface area contributed by atoms with Crippen molar-refractivity contribution in [2.24, 2.45) is 11.3 Å². The second-order valence-electron chi connectivity index (χ2n) is 4.74. The Kier molecular flexibility index (Phi) is 5.29. The van der Waals surface area contributed by atoms with Crippen LogP contribution in [-0.2, 0) is 0 Å². The number of nitrogens with one attached hydrogen (secondary N) is 1. The Morgan fingerprint density at radius 2 is 1.93 bits per heavy atom. The molecule has 0 amide bonds. The highest BCUT2D eigenvalue weighted by Crippen LogP contribution is 2.26. The zero-order valence-electron chi connectivity index (χ0n) is 10.1. The Labute approximate surface area is 88.6 Å². The lowest BCUT2D eigenvalue weighted by molar-refractivity contribution is 0.314. The van der Waals surface area contributed by atoms with Crippen LogP contribution in [0.1, 0.15) is 34.6 Å². The average molecular weight is 193 g/mol. The molecule has 1 nitrogen and oxygen atoms in total. The predicted molar refractivity (Wildman–Crippen MR) is 64.8 cm³/mol. The van der Waals surface area contributed by atoms with Crippen LogP contribution >= 0.6 is 0 Å². The van der Waals surface area contributed by atoms with Crippen LogP contribution in [0.15, 0.2) is 36.7 Å². The van der Waals surface area contributed by atoms with Crippen LogP contribution in [0, 0.1) is 11.3 Å². The van der Waals surface area contributed by atoms with Gasteiger partial charge in [0.15, 0.2) is 0 Å². The van der Waals surface area contributed by atoms with Crippen LogP contribution in [0.4, 0.5) is 0 Å². The maximum Gasteiger partial charge on any atom is 0.0114 e. The summed E-state index contributed by atoms with van der Waals surface area (Å²) < 4.78 is 0. The van der Waals surface area contributed by atoms with Gasteiger partial charge >= 0.3 is 0 Å². The van der Waals surface area contributed by atoms with E-state index in [-0.39, 0.29) is 0 Å². The van der Waals surface area contributed by atoms with Crippen LogP contribution in [0.5, 0.6) is 0 Å². The molecule has 0 spiro atoms. The summed E-state index contributed by atoms with van der Waals surface area (Å²) in [7, 11) is 0. The fourth-order valence-corrected chi connectivity index (χ4v) is 0.864. The first-order valence-electron chi connectivity index (χ1n) is 5.10. The second-order valence-corrected chi connectivity index (χ2v) is 4.74. The van der Waals surface area contributed by atoms with Gasteiger partial charge in [0.2, 0.25) is 0 Å². The summed E-state index contributed by atoms with van der Waals surface area (Å²) in [5, 5.41) is 3.03. The van der Waals surface area contributed by atoms with E-state index in [1.807, 2.05) is 6.92 Å². The molecule has 0 fully saturated rings. The van der Waals surface area contributed by atoms with E-state index in [2.05, 4.69) is 57.8 Å². The minimum absolute atomic E-state index is 0.337. The van der Waals surface area contributed by atoms with E-state index in [1.165, 1.54) is 0 Å². The SMILES string of the molecule is C=CN/C(C)=C/C=C\C(C)C(C)(C)C. The third-order valence-electron chi connectivity index (χ3n) is 2.44. The van der Waals surface area contributed by atoms with Gasteiger partial charge in [0.1, 0.15) is 0 Å². The molecule has 0 aliphatic rings. The zero-order valence-corrected chi connectivity index (χ0v) is 10.1. The normalized spacial score (nSPS) is 15.6. The maximum atomic E-state index is 3.61. The molecule has 0 rings (SSSR count). The Balaban J connectivity index is 4.18. The van der Waals surface area contributed by atoms with Crippen molar-refractivity contribution < 1.29 is 0 Å². The van der Waals surface area contributed by atoms with Crippen molar-refractivity contribution in [2.45, 2.75) is 34.6 Å². The van der Waals surface area contributed by atoms with Crippen LogP contribution in [0.25, 0.3) is 0 Å². The highest BCUT2D eigenvalue weighted by atomic mass is 14.8. The predicted octanol–water partition coefficient (Wildman–Crippen LogP) is 3.86. The van der Waals surface area contributed by atoms with E-state index in [0.29, 0.717) is 11.3 Å². The molecule has 80 valence electrons. The van der Waals surface area contributed by atoms with E-state index in [4.69, 9.17) is 0 Å². The van der Waals surface area contributed by atoms with Gasteiger partial charge in [-0.25, -0.2) is 0 Å². The van der Waals surface area contributed by atoms with Gasteiger partial charge in [-0.2, -0.15) is 0 Å². The Morgan fingerprint density at radius 1 is 1.36 bits per heavy atom. The van der Waals surface area contributed by atoms with Crippen LogP contribution in [0.2, 0.25) is 0 Å². The van der Waals surface area contributed by atoms with Crippen LogP contribution in [0.3, 0.4) is 0 Å². The molecular weight excluding hydrogens is 170 g/mol. The molecular formula is C13H23N. The third kappa shape index (κ3) is 5.63. The summed E-state index contributed by atoms with van der Waals surface area (Å²) in [6.07, 6.45) is 8.08. The molecule has 0 aromatic rings. The molecule has 14 heavy (non-hydrogen) atoms. The molecule has 0 saturated carbocycles. The quantitative estimate of drug-likeness (QED) is 0.668. The summed E-state index contributed by atoms with van der Waals surface area (Å²) in [5.74, 6) is 0.579. The second kappa shape index (κ2) is 5.69. The molecule has 0 aromatic heterocycles. The van der Waals surface area contributed by atoms with Crippen molar-refractivity contribution in [1.29, 1.82) is 0 Å². The fraction of sp³-hybridized carbons (Fsp3) is 0.538. The van der Waals surface area contributed by atoms with Gasteiger partial charge in [-0.1, -0.05) is 46.4 Å². The summed E-state index contributed by atoms with van der Waals surface area (Å²) >= 11 is 0. The molecule has 0 heterocycles. The molecule has 1 atom stereocenters. The Bertz CT molecular complexity index is 228. The van der Waals surface area contributed by atoms with Crippen LogP contribution < -0.4 is 5.32 Å². The average Bonchev–Trinajstić information content (AvgIpc) is 2.02. The number of hydrogen-bond donors (Lipinski definition) is 1. The van der Waals surface area contributed by atoms with Gasteiger partial charge in [0.25, 0.3) is 0 Å². The topological polar surface area (TPSA) is 12.0 Å². The minimum Gasteiger partial charge on any atom is -0.366 e. The molecule has 1 heteroatoms. The first kappa shape index (κ1) is 13.0. The third-order valence-corrected chi connectivity index (χ3v) is 2.44. The highest BCUT2D eigenvalue weighted by Gasteiger charge is 2.16. The molecule has 0 bridgehead atoms. The number of allylic oxidation sites excluding steroid dienone is 4. The molecule has 0 saturated heterocycles. The van der Waals surface area contributed by atoms with Crippen molar-refractivity contribution in [3.05, 3.63) is 36.7 Å². The zero-order chi connectivity index (χ0) is 11.2. The Hall–Kier alpha value is -0.980. The van der Waals surface area contributed by atoms with Gasteiger partial charge in [-0.3, -0.25) is 0 Å². The first-order valence-corrected chi connectivity index (χ1v) is 5.10. The van der Waals surface area contributed by atoms with E-state index in [9.17, 15) is 0 Å². The molecule has 0 radical (unpaired) electrons. The molecule has 1 N–H and O–H groups in total. The lowest BCUT2D eigenvalue weighted by Crippen LogP contribution is -2.14. The summed E-state index contributed by atoms with van der Waals surface area (Å²) in [6, 6.07) is 0. The lowest BCUT2D eigenvalue weighted by atomic mass is 9.82. The summed E-state index contributed by atoms with van der Waals surface area (Å²) in [4.78, 5) is 0. The molecule has 0 aliphatic heterocycles. The van der Waals surface area contributed by atoms with Crippen molar-refractivity contribution in [2.75, 3.05) is 0 Å². The number of rotatable bonds is 4. The van der Waals surface area contributed by atoms with Gasteiger partial charge in [-0.15, -0.1) is 0 Å². The van der Waals surface area contributed by atoms with Crippen molar-refractivity contribution >= 4 is 0 Å². The van der Waals surface area contributed by atoms with Gasteiger partial charge in [-0.05, 0) is 30.5 Å². The molecule has 0 aromatic carbocycles. The van der Waals surface area contributed by atoms with E-state index in [1.54, 1.807) is 6.20 Å². The van der Waals surface area contributed by atoms with Gasteiger partial charge in [0, 0.05) is 5.70 Å². The lowest BCUT2D eigenvalue weighted by Gasteiger charge is -2.23.